The van der Waals surface area contributed by atoms with Gasteiger partial charge < -0.3 is 10.6 Å². The molecule has 1 aromatic heterocycles. The van der Waals surface area contributed by atoms with Crippen LogP contribution in [0.25, 0.3) is 0 Å². The summed E-state index contributed by atoms with van der Waals surface area (Å²) in [5.74, 6) is 0.459. The van der Waals surface area contributed by atoms with Crippen LogP contribution in [0.15, 0.2) is 30.3 Å². The molecule has 0 aliphatic heterocycles. The van der Waals surface area contributed by atoms with Crippen LogP contribution in [0.4, 0.5) is 5.00 Å². The lowest BCUT2D eigenvalue weighted by Gasteiger charge is -2.17. The van der Waals surface area contributed by atoms with Gasteiger partial charge >= 0.3 is 0 Å². The van der Waals surface area contributed by atoms with Crippen LogP contribution in [-0.4, -0.2) is 28.9 Å². The molecule has 0 bridgehead atoms. The molecule has 0 saturated carbocycles. The zero-order valence-electron chi connectivity index (χ0n) is 15.3. The minimum Gasteiger partial charge on any atom is -0.351 e. The highest BCUT2D eigenvalue weighted by molar-refractivity contribution is 8.00. The topological polar surface area (TPSA) is 58.2 Å². The molecule has 2 amide bonds. The molecule has 0 spiro atoms. The Labute approximate surface area is 167 Å². The Bertz CT molecular complexity index is 797. The lowest BCUT2D eigenvalue weighted by atomic mass is 10.2. The van der Waals surface area contributed by atoms with Gasteiger partial charge in [-0.1, -0.05) is 44.5 Å². The first-order valence-corrected chi connectivity index (χ1v) is 10.4. The van der Waals surface area contributed by atoms with E-state index in [1.165, 1.54) is 11.3 Å². The number of hydrogen-bond donors (Lipinski definition) is 2. The summed E-state index contributed by atoms with van der Waals surface area (Å²) in [7, 11) is 0. The van der Waals surface area contributed by atoms with Gasteiger partial charge in [0.2, 0.25) is 0 Å². The minimum absolute atomic E-state index is 0.111. The quantitative estimate of drug-likeness (QED) is 0.641. The van der Waals surface area contributed by atoms with E-state index in [4.69, 9.17) is 11.6 Å². The number of halogens is 1. The van der Waals surface area contributed by atoms with Crippen molar-refractivity contribution in [3.05, 3.63) is 51.4 Å². The summed E-state index contributed by atoms with van der Waals surface area (Å²) >= 11 is 9.12. The fourth-order valence-corrected chi connectivity index (χ4v) is 4.22. The van der Waals surface area contributed by atoms with Crippen molar-refractivity contribution in [2.45, 2.75) is 32.4 Å². The van der Waals surface area contributed by atoms with Crippen LogP contribution in [0.5, 0.6) is 0 Å². The fraction of sp³-hybridized carbons (Fsp3) is 0.368. The number of thiophene rings is 1. The Morgan fingerprint density at radius 2 is 1.88 bits per heavy atom. The van der Waals surface area contributed by atoms with Crippen molar-refractivity contribution in [2.24, 2.45) is 0 Å². The third-order valence-corrected chi connectivity index (χ3v) is 6.16. The number of amides is 2. The lowest BCUT2D eigenvalue weighted by molar-refractivity contribution is 0.0958. The van der Waals surface area contributed by atoms with Gasteiger partial charge in [-0.05, 0) is 30.7 Å². The molecule has 4 nitrogen and oxygen atoms in total. The SMILES string of the molecule is Cc1cc(NC(=O)c2ccccc2Cl)sc1C(=O)NCCSC(C)(C)C. The van der Waals surface area contributed by atoms with Crippen LogP contribution in [0, 0.1) is 6.92 Å². The van der Waals surface area contributed by atoms with Crippen LogP contribution < -0.4 is 10.6 Å². The number of aryl methyl sites for hydroxylation is 1. The third kappa shape index (κ3) is 6.04. The summed E-state index contributed by atoms with van der Waals surface area (Å²) in [5, 5.41) is 6.77. The van der Waals surface area contributed by atoms with Gasteiger partial charge in [0.1, 0.15) is 0 Å². The second-order valence-electron chi connectivity index (χ2n) is 6.77. The number of thioether (sulfide) groups is 1. The van der Waals surface area contributed by atoms with E-state index in [0.29, 0.717) is 27.0 Å². The van der Waals surface area contributed by atoms with E-state index < -0.39 is 0 Å². The van der Waals surface area contributed by atoms with Crippen molar-refractivity contribution in [2.75, 3.05) is 17.6 Å². The maximum Gasteiger partial charge on any atom is 0.261 e. The van der Waals surface area contributed by atoms with Crippen LogP contribution in [0.3, 0.4) is 0 Å². The number of anilines is 1. The van der Waals surface area contributed by atoms with E-state index in [9.17, 15) is 9.59 Å². The van der Waals surface area contributed by atoms with Crippen LogP contribution in [-0.2, 0) is 0 Å². The van der Waals surface area contributed by atoms with Gasteiger partial charge in [-0.3, -0.25) is 9.59 Å². The summed E-state index contributed by atoms with van der Waals surface area (Å²) in [6, 6.07) is 8.67. The van der Waals surface area contributed by atoms with Crippen molar-refractivity contribution < 1.29 is 9.59 Å². The maximum atomic E-state index is 12.4. The van der Waals surface area contributed by atoms with Gasteiger partial charge in [0.15, 0.2) is 0 Å². The molecular formula is C19H23ClN2O2S2. The molecule has 2 N–H and O–H groups in total. The molecule has 140 valence electrons. The standard InChI is InChI=1S/C19H23ClN2O2S2/c1-12-11-15(22-17(23)13-7-5-6-8-14(13)20)26-16(12)18(24)21-9-10-25-19(2,3)4/h5-8,11H,9-10H2,1-4H3,(H,21,24)(H,22,23). The Balaban J connectivity index is 1.97. The van der Waals surface area contributed by atoms with Gasteiger partial charge in [-0.2, -0.15) is 11.8 Å². The Kier molecular flexibility index (Phi) is 7.15. The maximum absolute atomic E-state index is 12.4. The molecule has 1 heterocycles. The predicted octanol–water partition coefficient (Wildman–Crippen LogP) is 5.22. The summed E-state index contributed by atoms with van der Waals surface area (Å²) in [6.45, 7) is 8.92. The van der Waals surface area contributed by atoms with E-state index in [1.54, 1.807) is 42.1 Å². The van der Waals surface area contributed by atoms with E-state index >= 15 is 0 Å². The van der Waals surface area contributed by atoms with Crippen molar-refractivity contribution in [3.8, 4) is 0 Å². The zero-order valence-corrected chi connectivity index (χ0v) is 17.7. The van der Waals surface area contributed by atoms with Gasteiger partial charge in [-0.15, -0.1) is 11.3 Å². The molecule has 7 heteroatoms. The number of hydrogen-bond acceptors (Lipinski definition) is 4. The smallest absolute Gasteiger partial charge is 0.261 e. The van der Waals surface area contributed by atoms with E-state index in [2.05, 4.69) is 31.4 Å². The first-order chi connectivity index (χ1) is 12.2. The van der Waals surface area contributed by atoms with Crippen molar-refractivity contribution in [3.63, 3.8) is 0 Å². The van der Waals surface area contributed by atoms with Crippen molar-refractivity contribution in [1.29, 1.82) is 0 Å². The average Bonchev–Trinajstić information content (AvgIpc) is 2.91. The minimum atomic E-state index is -0.287. The molecule has 0 atom stereocenters. The second-order valence-corrected chi connectivity index (χ2v) is 10.2. The summed E-state index contributed by atoms with van der Waals surface area (Å²) in [5.41, 5.74) is 1.25. The van der Waals surface area contributed by atoms with E-state index in [0.717, 1.165) is 11.3 Å². The number of carbonyl (C=O) groups is 2. The van der Waals surface area contributed by atoms with Gasteiger partial charge in [0, 0.05) is 17.0 Å². The van der Waals surface area contributed by atoms with Gasteiger partial charge in [0.05, 0.1) is 20.5 Å². The summed E-state index contributed by atoms with van der Waals surface area (Å²) < 4.78 is 0.180. The third-order valence-electron chi connectivity index (χ3n) is 3.40. The molecule has 0 aliphatic rings. The monoisotopic (exact) mass is 410 g/mol. The number of carbonyl (C=O) groups excluding carboxylic acids is 2. The molecular weight excluding hydrogens is 388 g/mol. The molecule has 26 heavy (non-hydrogen) atoms. The molecule has 2 rings (SSSR count). The largest absolute Gasteiger partial charge is 0.351 e. The highest BCUT2D eigenvalue weighted by Crippen LogP contribution is 2.28. The molecule has 0 saturated heterocycles. The second kappa shape index (κ2) is 8.93. The van der Waals surface area contributed by atoms with Crippen molar-refractivity contribution >= 4 is 51.5 Å². The number of nitrogens with one attached hydrogen (secondary N) is 2. The molecule has 0 radical (unpaired) electrons. The van der Waals surface area contributed by atoms with Crippen molar-refractivity contribution in [1.82, 2.24) is 5.32 Å². The van der Waals surface area contributed by atoms with Crippen LogP contribution >= 0.6 is 34.7 Å². The van der Waals surface area contributed by atoms with Gasteiger partial charge in [0.25, 0.3) is 11.8 Å². The Morgan fingerprint density at radius 1 is 1.19 bits per heavy atom. The number of benzene rings is 1. The van der Waals surface area contributed by atoms with E-state index in [1.807, 2.05) is 6.92 Å². The first-order valence-electron chi connectivity index (χ1n) is 8.26. The molecule has 1 aromatic carbocycles. The molecule has 2 aromatic rings. The zero-order chi connectivity index (χ0) is 19.3. The molecule has 0 aliphatic carbocycles. The average molecular weight is 411 g/mol. The van der Waals surface area contributed by atoms with Gasteiger partial charge in [-0.25, -0.2) is 0 Å². The summed E-state index contributed by atoms with van der Waals surface area (Å²) in [6.07, 6.45) is 0. The molecule has 0 fully saturated rings. The highest BCUT2D eigenvalue weighted by atomic mass is 35.5. The predicted molar refractivity (Wildman–Crippen MR) is 113 cm³/mol. The highest BCUT2D eigenvalue weighted by Gasteiger charge is 2.17. The van der Waals surface area contributed by atoms with Crippen LogP contribution in [0.2, 0.25) is 5.02 Å². The van der Waals surface area contributed by atoms with Crippen LogP contribution in [0.1, 0.15) is 46.4 Å². The number of rotatable bonds is 6. The fourth-order valence-electron chi connectivity index (χ4n) is 2.20. The molecule has 0 unspecified atom stereocenters. The van der Waals surface area contributed by atoms with E-state index in [-0.39, 0.29) is 16.6 Å². The summed E-state index contributed by atoms with van der Waals surface area (Å²) in [4.78, 5) is 25.3. The normalized spacial score (nSPS) is 11.3. The first kappa shape index (κ1) is 20.8. The lowest BCUT2D eigenvalue weighted by Crippen LogP contribution is -2.26. The Morgan fingerprint density at radius 3 is 2.54 bits per heavy atom. The Hall–Kier alpha value is -1.50.